The van der Waals surface area contributed by atoms with Crippen LogP contribution in [0.3, 0.4) is 0 Å². The summed E-state index contributed by atoms with van der Waals surface area (Å²) in [4.78, 5) is 4.25. The maximum Gasteiger partial charge on any atom is 0.225 e. The van der Waals surface area contributed by atoms with E-state index in [-0.39, 0.29) is 0 Å². The molecule has 0 spiro atoms. The van der Waals surface area contributed by atoms with Crippen molar-refractivity contribution in [2.75, 3.05) is 0 Å². The highest BCUT2D eigenvalue weighted by Gasteiger charge is 2.10. The first kappa shape index (κ1) is 13.7. The highest BCUT2D eigenvalue weighted by atomic mass is 35.5. The number of fused-ring (bicyclic) bond motifs is 1. The Hall–Kier alpha value is -2.93. The Morgan fingerprint density at radius 1 is 1.17 bits per heavy atom. The van der Waals surface area contributed by atoms with E-state index in [0.717, 1.165) is 11.3 Å². The van der Waals surface area contributed by atoms with E-state index >= 15 is 0 Å². The smallest absolute Gasteiger partial charge is 0.225 e. The van der Waals surface area contributed by atoms with E-state index in [9.17, 15) is 0 Å². The van der Waals surface area contributed by atoms with Crippen LogP contribution in [0.2, 0.25) is 5.15 Å². The average molecular weight is 327 g/mol. The number of benzene rings is 1. The van der Waals surface area contributed by atoms with E-state index in [0.29, 0.717) is 22.4 Å². The predicted molar refractivity (Wildman–Crippen MR) is 84.2 cm³/mol. The zero-order valence-electron chi connectivity index (χ0n) is 12.1. The summed E-state index contributed by atoms with van der Waals surface area (Å²) in [6, 6.07) is 9.09. The molecule has 4 aromatic rings. The van der Waals surface area contributed by atoms with Crippen LogP contribution in [-0.2, 0) is 0 Å². The highest BCUT2D eigenvalue weighted by molar-refractivity contribution is 6.29. The summed E-state index contributed by atoms with van der Waals surface area (Å²) < 4.78 is 9.18. The molecule has 23 heavy (non-hydrogen) atoms. The van der Waals surface area contributed by atoms with Gasteiger partial charge in [0.2, 0.25) is 5.88 Å². The second kappa shape index (κ2) is 5.36. The van der Waals surface area contributed by atoms with Crippen LogP contribution in [0, 0.1) is 6.92 Å². The SMILES string of the molecule is Cc1cnn2c(Oc3ccc(-n4ccnn4)cc3)cc(Cl)nc12. The van der Waals surface area contributed by atoms with Crippen LogP contribution in [-0.4, -0.2) is 29.6 Å². The van der Waals surface area contributed by atoms with Crippen molar-refractivity contribution in [2.24, 2.45) is 0 Å². The third-order valence-electron chi connectivity index (χ3n) is 3.33. The molecule has 0 saturated heterocycles. The predicted octanol–water partition coefficient (Wildman–Crippen LogP) is 3.06. The molecule has 0 aliphatic rings. The van der Waals surface area contributed by atoms with Gasteiger partial charge in [-0.1, -0.05) is 16.8 Å². The molecule has 0 saturated carbocycles. The van der Waals surface area contributed by atoms with Gasteiger partial charge in [-0.2, -0.15) is 9.61 Å². The minimum Gasteiger partial charge on any atom is -0.439 e. The Bertz CT molecular complexity index is 962. The van der Waals surface area contributed by atoms with Crippen molar-refractivity contribution in [1.29, 1.82) is 0 Å². The first-order chi connectivity index (χ1) is 11.2. The van der Waals surface area contributed by atoms with E-state index in [2.05, 4.69) is 20.4 Å². The van der Waals surface area contributed by atoms with Gasteiger partial charge < -0.3 is 4.74 Å². The fraction of sp³-hybridized carbons (Fsp3) is 0.0667. The first-order valence-corrected chi connectivity index (χ1v) is 7.24. The fourth-order valence-electron chi connectivity index (χ4n) is 2.22. The molecule has 4 rings (SSSR count). The van der Waals surface area contributed by atoms with Crippen LogP contribution in [0.25, 0.3) is 11.3 Å². The first-order valence-electron chi connectivity index (χ1n) is 6.86. The lowest BCUT2D eigenvalue weighted by atomic mass is 10.3. The van der Waals surface area contributed by atoms with Crippen LogP contribution in [0.15, 0.2) is 48.9 Å². The van der Waals surface area contributed by atoms with Gasteiger partial charge in [0.05, 0.1) is 24.3 Å². The van der Waals surface area contributed by atoms with E-state index in [1.807, 2.05) is 31.2 Å². The summed E-state index contributed by atoms with van der Waals surface area (Å²) in [6.45, 7) is 1.92. The number of aryl methyl sites for hydroxylation is 1. The topological polar surface area (TPSA) is 70.1 Å². The Kier molecular flexibility index (Phi) is 3.20. The number of hydrogen-bond acceptors (Lipinski definition) is 5. The van der Waals surface area contributed by atoms with Crippen LogP contribution >= 0.6 is 11.6 Å². The quantitative estimate of drug-likeness (QED) is 0.541. The molecule has 114 valence electrons. The molecule has 7 nitrogen and oxygen atoms in total. The Morgan fingerprint density at radius 2 is 2.00 bits per heavy atom. The standard InChI is InChI=1S/C15H11ClN6O/c1-10-9-18-22-14(8-13(16)19-15(10)22)23-12-4-2-11(3-5-12)21-7-6-17-20-21/h2-9H,1H3. The summed E-state index contributed by atoms with van der Waals surface area (Å²) in [7, 11) is 0. The van der Waals surface area contributed by atoms with Gasteiger partial charge in [-0.15, -0.1) is 5.10 Å². The lowest BCUT2D eigenvalue weighted by Crippen LogP contribution is -1.98. The van der Waals surface area contributed by atoms with Crippen molar-refractivity contribution < 1.29 is 4.74 Å². The van der Waals surface area contributed by atoms with Gasteiger partial charge in [0.15, 0.2) is 5.65 Å². The number of rotatable bonds is 3. The largest absolute Gasteiger partial charge is 0.439 e. The van der Waals surface area contributed by atoms with Gasteiger partial charge in [-0.25, -0.2) is 9.67 Å². The summed E-state index contributed by atoms with van der Waals surface area (Å²) in [5, 5.41) is 12.3. The molecule has 3 heterocycles. The van der Waals surface area contributed by atoms with Crippen LogP contribution in [0.4, 0.5) is 0 Å². The Labute approximate surface area is 136 Å². The van der Waals surface area contributed by atoms with Gasteiger partial charge in [-0.3, -0.25) is 0 Å². The number of hydrogen-bond donors (Lipinski definition) is 0. The number of halogens is 1. The molecule has 1 aromatic carbocycles. The van der Waals surface area contributed by atoms with Gasteiger partial charge >= 0.3 is 0 Å². The lowest BCUT2D eigenvalue weighted by molar-refractivity contribution is 0.446. The normalized spacial score (nSPS) is 11.0. The third kappa shape index (κ3) is 2.51. The molecule has 0 N–H and O–H groups in total. The van der Waals surface area contributed by atoms with Crippen molar-refractivity contribution in [3.63, 3.8) is 0 Å². The maximum absolute atomic E-state index is 6.06. The second-order valence-corrected chi connectivity index (χ2v) is 5.31. The van der Waals surface area contributed by atoms with Crippen molar-refractivity contribution >= 4 is 17.2 Å². The molecule has 3 aromatic heterocycles. The Morgan fingerprint density at radius 3 is 2.74 bits per heavy atom. The molecular weight excluding hydrogens is 316 g/mol. The molecule has 0 bridgehead atoms. The second-order valence-electron chi connectivity index (χ2n) is 4.92. The summed E-state index contributed by atoms with van der Waals surface area (Å²) in [5.74, 6) is 1.16. The number of ether oxygens (including phenoxy) is 1. The van der Waals surface area contributed by atoms with Crippen molar-refractivity contribution in [1.82, 2.24) is 29.6 Å². The molecule has 8 heteroatoms. The summed E-state index contributed by atoms with van der Waals surface area (Å²) in [6.07, 6.45) is 5.12. The van der Waals surface area contributed by atoms with Crippen LogP contribution < -0.4 is 4.74 Å². The zero-order chi connectivity index (χ0) is 15.8. The van der Waals surface area contributed by atoms with Gasteiger partial charge in [0, 0.05) is 11.6 Å². The number of aromatic nitrogens is 6. The van der Waals surface area contributed by atoms with E-state index in [1.165, 1.54) is 0 Å². The Balaban J connectivity index is 1.68. The van der Waals surface area contributed by atoms with Crippen molar-refractivity contribution in [3.05, 3.63) is 59.6 Å². The minimum atomic E-state index is 0.357. The summed E-state index contributed by atoms with van der Waals surface area (Å²) in [5.41, 5.74) is 2.49. The molecule has 0 radical (unpaired) electrons. The average Bonchev–Trinajstić information content (AvgIpc) is 3.19. The van der Waals surface area contributed by atoms with E-state index in [1.54, 1.807) is 33.9 Å². The maximum atomic E-state index is 6.06. The molecule has 0 aliphatic heterocycles. The zero-order valence-corrected chi connectivity index (χ0v) is 12.8. The highest BCUT2D eigenvalue weighted by Crippen LogP contribution is 2.26. The molecular formula is C15H11ClN6O. The van der Waals surface area contributed by atoms with Gasteiger partial charge in [0.1, 0.15) is 10.9 Å². The molecule has 0 fully saturated rings. The van der Waals surface area contributed by atoms with Crippen molar-refractivity contribution in [3.8, 4) is 17.3 Å². The van der Waals surface area contributed by atoms with Crippen LogP contribution in [0.5, 0.6) is 11.6 Å². The molecule has 0 aliphatic carbocycles. The lowest BCUT2D eigenvalue weighted by Gasteiger charge is -2.08. The van der Waals surface area contributed by atoms with Gasteiger partial charge in [-0.05, 0) is 31.2 Å². The minimum absolute atomic E-state index is 0.357. The molecule has 0 amide bonds. The summed E-state index contributed by atoms with van der Waals surface area (Å²) >= 11 is 6.06. The van der Waals surface area contributed by atoms with E-state index in [4.69, 9.17) is 16.3 Å². The monoisotopic (exact) mass is 326 g/mol. The number of nitrogens with zero attached hydrogens (tertiary/aromatic N) is 6. The van der Waals surface area contributed by atoms with Crippen LogP contribution in [0.1, 0.15) is 5.56 Å². The van der Waals surface area contributed by atoms with Gasteiger partial charge in [0.25, 0.3) is 0 Å². The molecule has 0 unspecified atom stereocenters. The van der Waals surface area contributed by atoms with E-state index < -0.39 is 0 Å². The molecule has 0 atom stereocenters. The third-order valence-corrected chi connectivity index (χ3v) is 3.52. The van der Waals surface area contributed by atoms with Crippen molar-refractivity contribution in [2.45, 2.75) is 6.92 Å². The fourth-order valence-corrected chi connectivity index (χ4v) is 2.40.